The molecule has 1 aromatic heterocycles. The maximum absolute atomic E-state index is 11.1. The van der Waals surface area contributed by atoms with E-state index in [4.69, 9.17) is 17.3 Å². The van der Waals surface area contributed by atoms with Gasteiger partial charge in [-0.15, -0.1) is 10.2 Å². The monoisotopic (exact) mass is 360 g/mol. The Morgan fingerprint density at radius 2 is 1.96 bits per heavy atom. The molecular formula is C16H13ClN4O2S. The Labute approximate surface area is 147 Å². The number of primary amides is 1. The smallest absolute Gasteiger partial charge is 0.227 e. The van der Waals surface area contributed by atoms with Crippen molar-refractivity contribution in [2.45, 2.75) is 5.16 Å². The summed E-state index contributed by atoms with van der Waals surface area (Å²) in [4.78, 5) is 11.1. The molecule has 0 aliphatic carbocycles. The van der Waals surface area contributed by atoms with Gasteiger partial charge in [0.2, 0.25) is 5.91 Å². The molecule has 8 heteroatoms. The highest BCUT2D eigenvalue weighted by atomic mass is 35.5. The number of hydrogen-bond acceptors (Lipinski definition) is 5. The molecule has 0 unspecified atom stereocenters. The number of aromatic hydroxyl groups is 1. The Balaban J connectivity index is 2.12. The Hall–Kier alpha value is -2.51. The molecule has 3 aromatic rings. The molecule has 0 aliphatic heterocycles. The van der Waals surface area contributed by atoms with Crippen LogP contribution in [0.2, 0.25) is 5.02 Å². The lowest BCUT2D eigenvalue weighted by Gasteiger charge is -2.10. The van der Waals surface area contributed by atoms with Gasteiger partial charge in [0, 0.05) is 10.6 Å². The fraction of sp³-hybridized carbons (Fsp3) is 0.0625. The number of rotatable bonds is 5. The summed E-state index contributed by atoms with van der Waals surface area (Å²) >= 11 is 7.29. The second-order valence-electron chi connectivity index (χ2n) is 4.92. The van der Waals surface area contributed by atoms with Gasteiger partial charge >= 0.3 is 0 Å². The number of nitrogens with two attached hydrogens (primary N) is 1. The van der Waals surface area contributed by atoms with E-state index in [1.807, 2.05) is 12.1 Å². The van der Waals surface area contributed by atoms with Gasteiger partial charge in [0.05, 0.1) is 11.4 Å². The summed E-state index contributed by atoms with van der Waals surface area (Å²) < 4.78 is 1.80. The fourth-order valence-corrected chi connectivity index (χ4v) is 3.02. The summed E-state index contributed by atoms with van der Waals surface area (Å²) in [6.07, 6.45) is 0. The first-order valence-corrected chi connectivity index (χ1v) is 8.33. The molecule has 0 aliphatic rings. The molecule has 0 saturated heterocycles. The van der Waals surface area contributed by atoms with E-state index in [0.29, 0.717) is 16.0 Å². The van der Waals surface area contributed by atoms with Crippen LogP contribution >= 0.6 is 23.4 Å². The van der Waals surface area contributed by atoms with E-state index in [1.54, 1.807) is 41.0 Å². The standard InChI is InChI=1S/C16H13ClN4O2S/c17-11-2-1-3-12(8-11)21-15(10-4-6-13(22)7-5-10)19-20-16(21)24-9-14(18)23/h1-8,22H,9H2,(H2,18,23). The molecule has 2 aromatic carbocycles. The van der Waals surface area contributed by atoms with Gasteiger partial charge in [-0.1, -0.05) is 29.4 Å². The number of carbonyl (C=O) groups excluding carboxylic acids is 1. The second-order valence-corrected chi connectivity index (χ2v) is 6.30. The molecule has 1 amide bonds. The Kier molecular flexibility index (Phi) is 4.73. The maximum Gasteiger partial charge on any atom is 0.227 e. The van der Waals surface area contributed by atoms with Crippen LogP contribution < -0.4 is 5.73 Å². The minimum absolute atomic E-state index is 0.0915. The number of phenolic OH excluding ortho intramolecular Hbond substituents is 1. The SMILES string of the molecule is NC(=O)CSc1nnc(-c2ccc(O)cc2)n1-c1cccc(Cl)c1. The normalized spacial score (nSPS) is 10.7. The molecular weight excluding hydrogens is 348 g/mol. The van der Waals surface area contributed by atoms with E-state index in [1.165, 1.54) is 11.8 Å². The van der Waals surface area contributed by atoms with Gasteiger partial charge in [-0.3, -0.25) is 9.36 Å². The van der Waals surface area contributed by atoms with Gasteiger partial charge in [-0.2, -0.15) is 0 Å². The van der Waals surface area contributed by atoms with Crippen molar-refractivity contribution < 1.29 is 9.90 Å². The molecule has 24 heavy (non-hydrogen) atoms. The van der Waals surface area contributed by atoms with Crippen LogP contribution in [0.25, 0.3) is 17.1 Å². The van der Waals surface area contributed by atoms with Crippen LogP contribution in [-0.2, 0) is 4.79 Å². The van der Waals surface area contributed by atoms with E-state index in [9.17, 15) is 9.90 Å². The number of carbonyl (C=O) groups is 1. The third-order valence-corrected chi connectivity index (χ3v) is 4.36. The number of aromatic nitrogens is 3. The van der Waals surface area contributed by atoms with Crippen LogP contribution in [0.4, 0.5) is 0 Å². The van der Waals surface area contributed by atoms with Crippen LogP contribution in [0.3, 0.4) is 0 Å². The molecule has 0 atom stereocenters. The zero-order chi connectivity index (χ0) is 17.1. The lowest BCUT2D eigenvalue weighted by Crippen LogP contribution is -2.13. The highest BCUT2D eigenvalue weighted by Crippen LogP contribution is 2.29. The predicted octanol–water partition coefficient (Wildman–Crippen LogP) is 2.87. The van der Waals surface area contributed by atoms with E-state index >= 15 is 0 Å². The van der Waals surface area contributed by atoms with Gasteiger partial charge in [0.15, 0.2) is 11.0 Å². The second kappa shape index (κ2) is 6.94. The Morgan fingerprint density at radius 3 is 2.62 bits per heavy atom. The van der Waals surface area contributed by atoms with Crippen LogP contribution in [-0.4, -0.2) is 31.5 Å². The van der Waals surface area contributed by atoms with Crippen molar-refractivity contribution in [1.29, 1.82) is 0 Å². The van der Waals surface area contributed by atoms with Crippen molar-refractivity contribution in [3.63, 3.8) is 0 Å². The first-order chi connectivity index (χ1) is 11.5. The minimum atomic E-state index is -0.438. The van der Waals surface area contributed by atoms with Crippen molar-refractivity contribution in [2.75, 3.05) is 5.75 Å². The van der Waals surface area contributed by atoms with Crippen molar-refractivity contribution in [3.05, 3.63) is 53.6 Å². The topological polar surface area (TPSA) is 94.0 Å². The van der Waals surface area contributed by atoms with E-state index in [0.717, 1.165) is 11.3 Å². The van der Waals surface area contributed by atoms with Gasteiger partial charge in [-0.25, -0.2) is 0 Å². The summed E-state index contributed by atoms with van der Waals surface area (Å²) in [6, 6.07) is 13.9. The average molecular weight is 361 g/mol. The van der Waals surface area contributed by atoms with Gasteiger partial charge in [0.1, 0.15) is 5.75 Å². The third-order valence-electron chi connectivity index (χ3n) is 3.17. The van der Waals surface area contributed by atoms with E-state index in [2.05, 4.69) is 10.2 Å². The van der Waals surface area contributed by atoms with Gasteiger partial charge in [-0.05, 0) is 42.5 Å². The molecule has 3 N–H and O–H groups in total. The predicted molar refractivity (Wildman–Crippen MR) is 93.4 cm³/mol. The van der Waals surface area contributed by atoms with Crippen molar-refractivity contribution in [3.8, 4) is 22.8 Å². The van der Waals surface area contributed by atoms with Gasteiger partial charge in [0.25, 0.3) is 0 Å². The summed E-state index contributed by atoms with van der Waals surface area (Å²) in [5.74, 6) is 0.390. The minimum Gasteiger partial charge on any atom is -0.508 e. The summed E-state index contributed by atoms with van der Waals surface area (Å²) in [7, 11) is 0. The van der Waals surface area contributed by atoms with E-state index < -0.39 is 5.91 Å². The van der Waals surface area contributed by atoms with E-state index in [-0.39, 0.29) is 11.5 Å². The molecule has 0 bridgehead atoms. The largest absolute Gasteiger partial charge is 0.508 e. The van der Waals surface area contributed by atoms with Crippen LogP contribution in [0, 0.1) is 0 Å². The molecule has 3 rings (SSSR count). The average Bonchev–Trinajstić information content (AvgIpc) is 2.97. The maximum atomic E-state index is 11.1. The van der Waals surface area contributed by atoms with Crippen LogP contribution in [0.1, 0.15) is 0 Å². The fourth-order valence-electron chi connectivity index (χ4n) is 2.14. The molecule has 0 spiro atoms. The molecule has 122 valence electrons. The molecule has 0 saturated carbocycles. The molecule has 6 nitrogen and oxygen atoms in total. The number of nitrogens with zero attached hydrogens (tertiary/aromatic N) is 3. The number of halogens is 1. The number of thioether (sulfide) groups is 1. The highest BCUT2D eigenvalue weighted by Gasteiger charge is 2.17. The number of benzene rings is 2. The van der Waals surface area contributed by atoms with Crippen LogP contribution in [0.5, 0.6) is 5.75 Å². The zero-order valence-corrected chi connectivity index (χ0v) is 14.0. The van der Waals surface area contributed by atoms with Crippen molar-refractivity contribution >= 4 is 29.3 Å². The quantitative estimate of drug-likeness (QED) is 0.682. The molecule has 0 fully saturated rings. The lowest BCUT2D eigenvalue weighted by molar-refractivity contribution is -0.115. The lowest BCUT2D eigenvalue weighted by atomic mass is 10.2. The van der Waals surface area contributed by atoms with Crippen molar-refractivity contribution in [1.82, 2.24) is 14.8 Å². The first-order valence-electron chi connectivity index (χ1n) is 6.96. The first kappa shape index (κ1) is 16.4. The zero-order valence-electron chi connectivity index (χ0n) is 12.4. The van der Waals surface area contributed by atoms with Crippen molar-refractivity contribution in [2.24, 2.45) is 5.73 Å². The number of hydrogen-bond donors (Lipinski definition) is 2. The summed E-state index contributed by atoms with van der Waals surface area (Å²) in [5.41, 5.74) is 6.76. The Morgan fingerprint density at radius 1 is 1.21 bits per heavy atom. The highest BCUT2D eigenvalue weighted by molar-refractivity contribution is 7.99. The van der Waals surface area contributed by atoms with Gasteiger partial charge < -0.3 is 10.8 Å². The Bertz CT molecular complexity index is 880. The molecule has 0 radical (unpaired) electrons. The summed E-state index contributed by atoms with van der Waals surface area (Å²) in [5, 5.41) is 18.9. The van der Waals surface area contributed by atoms with Crippen LogP contribution in [0.15, 0.2) is 53.7 Å². The summed E-state index contributed by atoms with van der Waals surface area (Å²) in [6.45, 7) is 0. The molecule has 1 heterocycles. The number of phenols is 1. The number of amides is 1. The third kappa shape index (κ3) is 3.52.